The van der Waals surface area contributed by atoms with Gasteiger partial charge < -0.3 is 10.1 Å². The van der Waals surface area contributed by atoms with E-state index < -0.39 is 4.92 Å². The van der Waals surface area contributed by atoms with Crippen LogP contribution < -0.4 is 10.1 Å². The lowest BCUT2D eigenvalue weighted by molar-refractivity contribution is -0.385. The molecule has 0 atom stereocenters. The van der Waals surface area contributed by atoms with Crippen LogP contribution >= 0.6 is 11.6 Å². The fraction of sp³-hybridized carbons (Fsp3) is 0.231. The Kier molecular flexibility index (Phi) is 4.54. The van der Waals surface area contributed by atoms with Crippen LogP contribution in [0, 0.1) is 17.0 Å². The monoisotopic (exact) mass is 308 g/mol. The van der Waals surface area contributed by atoms with Crippen LogP contribution in [0.5, 0.6) is 11.6 Å². The minimum atomic E-state index is -0.511. The van der Waals surface area contributed by atoms with Gasteiger partial charge in [0.15, 0.2) is 0 Å². The van der Waals surface area contributed by atoms with Crippen molar-refractivity contribution in [2.24, 2.45) is 0 Å². The topological polar surface area (TPSA) is 90.2 Å². The van der Waals surface area contributed by atoms with Gasteiger partial charge in [0.05, 0.1) is 11.1 Å². The van der Waals surface area contributed by atoms with E-state index in [9.17, 15) is 10.1 Å². The van der Waals surface area contributed by atoms with Gasteiger partial charge in [0.2, 0.25) is 17.6 Å². The summed E-state index contributed by atoms with van der Waals surface area (Å²) in [5.41, 5.74) is 0.471. The molecule has 1 N–H and O–H groups in total. The number of nitrogens with zero attached hydrogens (tertiary/aromatic N) is 3. The number of nitro groups is 1. The van der Waals surface area contributed by atoms with Crippen LogP contribution in [0.25, 0.3) is 0 Å². The molecule has 1 aromatic heterocycles. The van der Waals surface area contributed by atoms with E-state index in [0.29, 0.717) is 18.1 Å². The Labute approximate surface area is 126 Å². The number of rotatable bonds is 5. The summed E-state index contributed by atoms with van der Waals surface area (Å²) in [6.45, 7) is 4.24. The maximum atomic E-state index is 11.1. The second-order valence-electron chi connectivity index (χ2n) is 4.16. The number of anilines is 1. The third-order valence-electron chi connectivity index (χ3n) is 2.63. The number of aromatic nitrogens is 2. The van der Waals surface area contributed by atoms with Crippen LogP contribution in [-0.4, -0.2) is 21.4 Å². The lowest BCUT2D eigenvalue weighted by Crippen LogP contribution is -2.04. The van der Waals surface area contributed by atoms with Gasteiger partial charge in [-0.1, -0.05) is 23.7 Å². The molecule has 0 amide bonds. The minimum absolute atomic E-state index is 0.0695. The molecule has 8 heteroatoms. The number of nitrogens with one attached hydrogen (secondary N) is 1. The quantitative estimate of drug-likeness (QED) is 0.670. The first-order valence-electron chi connectivity index (χ1n) is 6.21. The zero-order chi connectivity index (χ0) is 15.4. The predicted octanol–water partition coefficient (Wildman–Crippen LogP) is 3.57. The van der Waals surface area contributed by atoms with Crippen molar-refractivity contribution in [2.45, 2.75) is 13.8 Å². The predicted molar refractivity (Wildman–Crippen MR) is 79.1 cm³/mol. The number of benzene rings is 1. The molecule has 0 aliphatic heterocycles. The van der Waals surface area contributed by atoms with E-state index in [-0.39, 0.29) is 22.3 Å². The summed E-state index contributed by atoms with van der Waals surface area (Å²) in [5.74, 6) is 0.527. The Hall–Kier alpha value is -2.41. The number of ether oxygens (including phenoxy) is 1. The molecule has 21 heavy (non-hydrogen) atoms. The van der Waals surface area contributed by atoms with Crippen LogP contribution in [0.2, 0.25) is 5.02 Å². The van der Waals surface area contributed by atoms with Crippen molar-refractivity contribution in [2.75, 3.05) is 11.9 Å². The highest BCUT2D eigenvalue weighted by Gasteiger charge is 2.20. The molecule has 0 fully saturated rings. The summed E-state index contributed by atoms with van der Waals surface area (Å²) in [6, 6.07) is 4.66. The number of hydrogen-bond acceptors (Lipinski definition) is 6. The summed E-state index contributed by atoms with van der Waals surface area (Å²) >= 11 is 5.98. The van der Waals surface area contributed by atoms with E-state index in [1.807, 2.05) is 6.92 Å². The molecule has 0 saturated carbocycles. The third kappa shape index (κ3) is 3.38. The standard InChI is InChI=1S/C13H13ClN4O3/c1-3-15-13-16-7-9(14)12(17-13)21-11-8(2)5-4-6-10(11)18(19)20/h4-7H,3H2,1-2H3,(H,15,16,17). The van der Waals surface area contributed by atoms with Gasteiger partial charge in [0.25, 0.3) is 0 Å². The second-order valence-corrected chi connectivity index (χ2v) is 4.57. The first-order valence-corrected chi connectivity index (χ1v) is 6.59. The Morgan fingerprint density at radius 3 is 2.90 bits per heavy atom. The molecule has 2 aromatic rings. The maximum absolute atomic E-state index is 11.1. The first kappa shape index (κ1) is 15.0. The Morgan fingerprint density at radius 1 is 1.48 bits per heavy atom. The number of para-hydroxylation sites is 1. The van der Waals surface area contributed by atoms with Crippen molar-refractivity contribution < 1.29 is 9.66 Å². The fourth-order valence-corrected chi connectivity index (χ4v) is 1.81. The van der Waals surface area contributed by atoms with E-state index in [0.717, 1.165) is 0 Å². The highest BCUT2D eigenvalue weighted by Crippen LogP contribution is 2.36. The maximum Gasteiger partial charge on any atom is 0.311 e. The van der Waals surface area contributed by atoms with Gasteiger partial charge in [-0.05, 0) is 19.4 Å². The molecular weight excluding hydrogens is 296 g/mol. The van der Waals surface area contributed by atoms with Gasteiger partial charge in [-0.25, -0.2) is 4.98 Å². The van der Waals surface area contributed by atoms with Crippen LogP contribution in [0.4, 0.5) is 11.6 Å². The smallest absolute Gasteiger partial charge is 0.311 e. The van der Waals surface area contributed by atoms with E-state index in [1.165, 1.54) is 12.3 Å². The summed E-state index contributed by atoms with van der Waals surface area (Å²) in [6.07, 6.45) is 1.38. The largest absolute Gasteiger partial charge is 0.430 e. The molecule has 0 spiro atoms. The molecular formula is C13H13ClN4O3. The molecule has 0 aliphatic carbocycles. The Morgan fingerprint density at radius 2 is 2.24 bits per heavy atom. The van der Waals surface area contributed by atoms with E-state index in [2.05, 4.69) is 15.3 Å². The molecule has 0 saturated heterocycles. The van der Waals surface area contributed by atoms with Crippen molar-refractivity contribution in [3.8, 4) is 11.6 Å². The van der Waals surface area contributed by atoms with Crippen molar-refractivity contribution in [3.05, 3.63) is 45.1 Å². The minimum Gasteiger partial charge on any atom is -0.430 e. The van der Waals surface area contributed by atoms with Gasteiger partial charge in [0, 0.05) is 12.6 Å². The zero-order valence-electron chi connectivity index (χ0n) is 11.5. The molecule has 2 rings (SSSR count). The number of hydrogen-bond donors (Lipinski definition) is 1. The molecule has 0 bridgehead atoms. The van der Waals surface area contributed by atoms with Crippen LogP contribution in [0.15, 0.2) is 24.4 Å². The highest BCUT2D eigenvalue weighted by molar-refractivity contribution is 6.31. The average molecular weight is 309 g/mol. The second kappa shape index (κ2) is 6.36. The van der Waals surface area contributed by atoms with E-state index in [1.54, 1.807) is 19.1 Å². The summed E-state index contributed by atoms with van der Waals surface area (Å²) < 4.78 is 5.55. The number of aryl methyl sites for hydroxylation is 1. The fourth-order valence-electron chi connectivity index (χ4n) is 1.68. The van der Waals surface area contributed by atoms with Crippen molar-refractivity contribution in [1.82, 2.24) is 9.97 Å². The molecule has 1 aromatic carbocycles. The lowest BCUT2D eigenvalue weighted by Gasteiger charge is -2.10. The van der Waals surface area contributed by atoms with E-state index >= 15 is 0 Å². The zero-order valence-corrected chi connectivity index (χ0v) is 12.2. The highest BCUT2D eigenvalue weighted by atomic mass is 35.5. The Balaban J connectivity index is 2.42. The van der Waals surface area contributed by atoms with Crippen LogP contribution in [-0.2, 0) is 0 Å². The third-order valence-corrected chi connectivity index (χ3v) is 2.89. The summed E-state index contributed by atoms with van der Waals surface area (Å²) in [4.78, 5) is 18.6. The first-order chi connectivity index (χ1) is 10.0. The number of halogens is 1. The lowest BCUT2D eigenvalue weighted by atomic mass is 10.2. The van der Waals surface area contributed by atoms with Gasteiger partial charge >= 0.3 is 5.69 Å². The molecule has 110 valence electrons. The van der Waals surface area contributed by atoms with Crippen molar-refractivity contribution in [3.63, 3.8) is 0 Å². The van der Waals surface area contributed by atoms with Gasteiger partial charge in [-0.3, -0.25) is 10.1 Å². The van der Waals surface area contributed by atoms with Gasteiger partial charge in [0.1, 0.15) is 5.02 Å². The summed E-state index contributed by atoms with van der Waals surface area (Å²) in [7, 11) is 0. The van der Waals surface area contributed by atoms with Crippen LogP contribution in [0.3, 0.4) is 0 Å². The number of nitro benzene ring substituents is 1. The molecule has 1 heterocycles. The normalized spacial score (nSPS) is 10.2. The molecule has 0 unspecified atom stereocenters. The van der Waals surface area contributed by atoms with Crippen molar-refractivity contribution >= 4 is 23.2 Å². The van der Waals surface area contributed by atoms with Gasteiger partial charge in [-0.15, -0.1) is 0 Å². The summed E-state index contributed by atoms with van der Waals surface area (Å²) in [5, 5.41) is 14.2. The SMILES string of the molecule is CCNc1ncc(Cl)c(Oc2c(C)cccc2[N+](=O)[O-])n1. The molecule has 7 nitrogen and oxygen atoms in total. The average Bonchev–Trinajstić information content (AvgIpc) is 2.44. The molecule has 0 aliphatic rings. The molecule has 0 radical (unpaired) electrons. The van der Waals surface area contributed by atoms with Gasteiger partial charge in [-0.2, -0.15) is 4.98 Å². The van der Waals surface area contributed by atoms with Crippen LogP contribution in [0.1, 0.15) is 12.5 Å². The van der Waals surface area contributed by atoms with E-state index in [4.69, 9.17) is 16.3 Å². The van der Waals surface area contributed by atoms with Crippen molar-refractivity contribution in [1.29, 1.82) is 0 Å². The Bertz CT molecular complexity index is 678.